The van der Waals surface area contributed by atoms with Gasteiger partial charge in [0.2, 0.25) is 0 Å². The summed E-state index contributed by atoms with van der Waals surface area (Å²) in [5.41, 5.74) is 1.87. The predicted molar refractivity (Wildman–Crippen MR) is 73.6 cm³/mol. The lowest BCUT2D eigenvalue weighted by Crippen LogP contribution is -2.05. The van der Waals surface area contributed by atoms with Crippen LogP contribution in [0.2, 0.25) is 0 Å². The van der Waals surface area contributed by atoms with Gasteiger partial charge < -0.3 is 5.32 Å². The molecule has 1 aromatic carbocycles. The van der Waals surface area contributed by atoms with E-state index in [1.165, 1.54) is 0 Å². The summed E-state index contributed by atoms with van der Waals surface area (Å²) in [7, 11) is 0. The first-order chi connectivity index (χ1) is 9.33. The van der Waals surface area contributed by atoms with Crippen LogP contribution in [0.5, 0.6) is 0 Å². The van der Waals surface area contributed by atoms with Gasteiger partial charge in [0.25, 0.3) is 0 Å². The van der Waals surface area contributed by atoms with E-state index in [0.717, 1.165) is 28.2 Å². The average molecular weight is 251 g/mol. The monoisotopic (exact) mass is 251 g/mol. The van der Waals surface area contributed by atoms with E-state index in [-0.39, 0.29) is 0 Å². The fraction of sp³-hybridized carbons (Fsp3) is 0.143. The van der Waals surface area contributed by atoms with Crippen LogP contribution in [-0.4, -0.2) is 19.9 Å². The molecule has 94 valence electrons. The van der Waals surface area contributed by atoms with Crippen molar-refractivity contribution in [3.05, 3.63) is 54.4 Å². The molecule has 2 aromatic heterocycles. The van der Waals surface area contributed by atoms with Crippen LogP contribution >= 0.6 is 0 Å². The summed E-state index contributed by atoms with van der Waals surface area (Å²) < 4.78 is 0. The van der Waals surface area contributed by atoms with Crippen molar-refractivity contribution < 1.29 is 0 Å². The molecule has 0 bridgehead atoms. The standard InChI is InChI=1S/C14H13N5/c1-10-15-7-6-11(19-10)8-16-14-12-4-2-3-5-13(12)17-9-18-14/h2-7,9H,8H2,1H3,(H,16,17,18). The number of aryl methyl sites for hydroxylation is 1. The molecule has 3 aromatic rings. The van der Waals surface area contributed by atoms with Gasteiger partial charge in [-0.25, -0.2) is 19.9 Å². The molecule has 1 N–H and O–H groups in total. The summed E-state index contributed by atoms with van der Waals surface area (Å²) in [6.07, 6.45) is 3.33. The van der Waals surface area contributed by atoms with Gasteiger partial charge >= 0.3 is 0 Å². The first-order valence-electron chi connectivity index (χ1n) is 6.05. The van der Waals surface area contributed by atoms with Gasteiger partial charge in [-0.1, -0.05) is 12.1 Å². The molecule has 19 heavy (non-hydrogen) atoms. The second-order valence-electron chi connectivity index (χ2n) is 4.19. The zero-order valence-electron chi connectivity index (χ0n) is 10.5. The third kappa shape index (κ3) is 2.49. The number of nitrogens with one attached hydrogen (secondary N) is 1. The van der Waals surface area contributed by atoms with Crippen molar-refractivity contribution in [1.29, 1.82) is 0 Å². The predicted octanol–water partition coefficient (Wildman–Crippen LogP) is 2.34. The molecule has 2 heterocycles. The molecule has 0 unspecified atom stereocenters. The maximum atomic E-state index is 4.35. The number of benzene rings is 1. The molecular weight excluding hydrogens is 238 g/mol. The zero-order chi connectivity index (χ0) is 13.1. The highest BCUT2D eigenvalue weighted by Gasteiger charge is 2.03. The molecule has 0 atom stereocenters. The molecule has 0 saturated heterocycles. The summed E-state index contributed by atoms with van der Waals surface area (Å²) >= 11 is 0. The quantitative estimate of drug-likeness (QED) is 0.774. The molecule has 0 radical (unpaired) electrons. The number of para-hydroxylation sites is 1. The van der Waals surface area contributed by atoms with Gasteiger partial charge in [-0.05, 0) is 25.1 Å². The van der Waals surface area contributed by atoms with Crippen LogP contribution in [0.15, 0.2) is 42.9 Å². The molecule has 5 heteroatoms. The topological polar surface area (TPSA) is 63.6 Å². The highest BCUT2D eigenvalue weighted by molar-refractivity contribution is 5.88. The Hall–Kier alpha value is -2.56. The number of aromatic nitrogens is 4. The van der Waals surface area contributed by atoms with Gasteiger partial charge in [-0.15, -0.1) is 0 Å². The zero-order valence-corrected chi connectivity index (χ0v) is 10.5. The van der Waals surface area contributed by atoms with Gasteiger partial charge in [-0.2, -0.15) is 0 Å². The highest BCUT2D eigenvalue weighted by Crippen LogP contribution is 2.18. The van der Waals surface area contributed by atoms with Gasteiger partial charge in [0.05, 0.1) is 17.8 Å². The molecule has 0 aliphatic heterocycles. The highest BCUT2D eigenvalue weighted by atomic mass is 15.0. The van der Waals surface area contributed by atoms with Crippen LogP contribution < -0.4 is 5.32 Å². The number of hydrogen-bond acceptors (Lipinski definition) is 5. The smallest absolute Gasteiger partial charge is 0.137 e. The van der Waals surface area contributed by atoms with Crippen molar-refractivity contribution >= 4 is 16.7 Å². The average Bonchev–Trinajstić information content (AvgIpc) is 2.45. The van der Waals surface area contributed by atoms with Gasteiger partial charge in [0, 0.05) is 11.6 Å². The third-order valence-corrected chi connectivity index (χ3v) is 2.81. The van der Waals surface area contributed by atoms with Crippen molar-refractivity contribution in [3.8, 4) is 0 Å². The fourth-order valence-electron chi connectivity index (χ4n) is 1.92. The fourth-order valence-corrected chi connectivity index (χ4v) is 1.92. The minimum Gasteiger partial charge on any atom is -0.364 e. The third-order valence-electron chi connectivity index (χ3n) is 2.81. The van der Waals surface area contributed by atoms with Gasteiger partial charge in [0.15, 0.2) is 0 Å². The van der Waals surface area contributed by atoms with Crippen LogP contribution in [0.25, 0.3) is 10.9 Å². The van der Waals surface area contributed by atoms with Crippen molar-refractivity contribution in [1.82, 2.24) is 19.9 Å². The Balaban J connectivity index is 1.86. The van der Waals surface area contributed by atoms with E-state index in [9.17, 15) is 0 Å². The Morgan fingerprint density at radius 3 is 2.84 bits per heavy atom. The van der Waals surface area contributed by atoms with E-state index in [1.54, 1.807) is 12.5 Å². The van der Waals surface area contributed by atoms with E-state index in [2.05, 4.69) is 25.3 Å². The van der Waals surface area contributed by atoms with Crippen molar-refractivity contribution in [2.75, 3.05) is 5.32 Å². The molecule has 0 saturated carbocycles. The molecule has 0 aliphatic rings. The second-order valence-corrected chi connectivity index (χ2v) is 4.19. The van der Waals surface area contributed by atoms with Crippen molar-refractivity contribution in [3.63, 3.8) is 0 Å². The van der Waals surface area contributed by atoms with Gasteiger partial charge in [-0.3, -0.25) is 0 Å². The van der Waals surface area contributed by atoms with E-state index < -0.39 is 0 Å². The van der Waals surface area contributed by atoms with E-state index >= 15 is 0 Å². The molecule has 0 spiro atoms. The van der Waals surface area contributed by atoms with E-state index in [1.807, 2.05) is 37.3 Å². The maximum absolute atomic E-state index is 4.35. The van der Waals surface area contributed by atoms with Crippen LogP contribution in [0, 0.1) is 6.92 Å². The molecular formula is C14H13N5. The molecule has 0 fully saturated rings. The lowest BCUT2D eigenvalue weighted by atomic mass is 10.2. The van der Waals surface area contributed by atoms with Crippen molar-refractivity contribution in [2.24, 2.45) is 0 Å². The lowest BCUT2D eigenvalue weighted by molar-refractivity contribution is 0.950. The van der Waals surface area contributed by atoms with E-state index in [0.29, 0.717) is 6.54 Å². The largest absolute Gasteiger partial charge is 0.364 e. The number of anilines is 1. The van der Waals surface area contributed by atoms with E-state index in [4.69, 9.17) is 0 Å². The minimum absolute atomic E-state index is 0.615. The number of fused-ring (bicyclic) bond motifs is 1. The molecule has 5 nitrogen and oxygen atoms in total. The first-order valence-corrected chi connectivity index (χ1v) is 6.05. The second kappa shape index (κ2) is 4.97. The Labute approximate surface area is 110 Å². The minimum atomic E-state index is 0.615. The Bertz CT molecular complexity index is 706. The summed E-state index contributed by atoms with van der Waals surface area (Å²) in [6, 6.07) is 9.81. The Morgan fingerprint density at radius 1 is 1.05 bits per heavy atom. The number of hydrogen-bond donors (Lipinski definition) is 1. The summed E-state index contributed by atoms with van der Waals surface area (Å²) in [4.78, 5) is 16.9. The van der Waals surface area contributed by atoms with Crippen LogP contribution in [0.4, 0.5) is 5.82 Å². The SMILES string of the molecule is Cc1nccc(CNc2ncnc3ccccc23)n1. The number of nitrogens with zero attached hydrogens (tertiary/aromatic N) is 4. The van der Waals surface area contributed by atoms with Gasteiger partial charge in [0.1, 0.15) is 18.0 Å². The summed E-state index contributed by atoms with van der Waals surface area (Å²) in [6.45, 7) is 2.49. The Kier molecular flexibility index (Phi) is 3.02. The summed E-state index contributed by atoms with van der Waals surface area (Å²) in [5.74, 6) is 1.59. The molecule has 3 rings (SSSR count). The molecule has 0 aliphatic carbocycles. The first kappa shape index (κ1) is 11.5. The molecule has 0 amide bonds. The van der Waals surface area contributed by atoms with Crippen LogP contribution in [-0.2, 0) is 6.54 Å². The van der Waals surface area contributed by atoms with Crippen LogP contribution in [0.1, 0.15) is 11.5 Å². The van der Waals surface area contributed by atoms with Crippen LogP contribution in [0.3, 0.4) is 0 Å². The Morgan fingerprint density at radius 2 is 1.95 bits per heavy atom. The maximum Gasteiger partial charge on any atom is 0.137 e. The normalized spacial score (nSPS) is 10.6. The van der Waals surface area contributed by atoms with Crippen molar-refractivity contribution in [2.45, 2.75) is 13.5 Å². The number of rotatable bonds is 3. The lowest BCUT2D eigenvalue weighted by Gasteiger charge is -2.07. The summed E-state index contributed by atoms with van der Waals surface area (Å²) in [5, 5.41) is 4.30.